The lowest BCUT2D eigenvalue weighted by Gasteiger charge is -2.09. The second kappa shape index (κ2) is 7.93. The Morgan fingerprint density at radius 3 is 2.50 bits per heavy atom. The number of aromatic carboxylic acids is 1. The van der Waals surface area contributed by atoms with Gasteiger partial charge in [-0.3, -0.25) is 9.00 Å². The number of hydrogen-bond acceptors (Lipinski definition) is 3. The van der Waals surface area contributed by atoms with Crippen molar-refractivity contribution in [1.82, 2.24) is 0 Å². The van der Waals surface area contributed by atoms with E-state index in [9.17, 15) is 13.8 Å². The largest absolute Gasteiger partial charge is 0.478 e. The molecule has 0 bridgehead atoms. The summed E-state index contributed by atoms with van der Waals surface area (Å²) < 4.78 is 12.3. The minimum atomic E-state index is -1.43. The van der Waals surface area contributed by atoms with Crippen LogP contribution in [0, 0.1) is 0 Å². The summed E-state index contributed by atoms with van der Waals surface area (Å²) in [7, 11) is -1.43. The summed E-state index contributed by atoms with van der Waals surface area (Å²) >= 11 is 0. The number of carboxylic acid groups (broad SMARTS) is 1. The van der Waals surface area contributed by atoms with Gasteiger partial charge in [0.1, 0.15) is 5.75 Å². The van der Waals surface area contributed by atoms with Crippen LogP contribution in [0.15, 0.2) is 66.7 Å². The number of benzene rings is 3. The molecule has 5 nitrogen and oxygen atoms in total. The molecule has 1 atom stereocenters. The minimum absolute atomic E-state index is 0.129. The molecule has 0 radical (unpaired) electrons. The molecule has 26 heavy (non-hydrogen) atoms. The van der Waals surface area contributed by atoms with Crippen LogP contribution in [0.1, 0.15) is 15.9 Å². The first kappa shape index (κ1) is 17.8. The van der Waals surface area contributed by atoms with Gasteiger partial charge in [0.2, 0.25) is 5.91 Å². The second-order valence-corrected chi connectivity index (χ2v) is 7.27. The summed E-state index contributed by atoms with van der Waals surface area (Å²) in [6, 6.07) is 19.6. The highest BCUT2D eigenvalue weighted by Crippen LogP contribution is 2.22. The highest BCUT2D eigenvalue weighted by atomic mass is 32.2. The molecule has 3 aromatic rings. The molecule has 1 amide bonds. The van der Waals surface area contributed by atoms with Gasteiger partial charge in [0.05, 0.1) is 5.56 Å². The molecule has 0 spiro atoms. The van der Waals surface area contributed by atoms with Crippen LogP contribution in [0.2, 0.25) is 0 Å². The summed E-state index contributed by atoms with van der Waals surface area (Å²) in [4.78, 5) is 23.2. The number of hydrogen-bond donors (Lipinski definition) is 2. The summed E-state index contributed by atoms with van der Waals surface area (Å²) in [6.07, 6.45) is 0. The van der Waals surface area contributed by atoms with Crippen LogP contribution in [0.25, 0.3) is 10.8 Å². The molecule has 1 unspecified atom stereocenters. The zero-order valence-electron chi connectivity index (χ0n) is 13.8. The van der Waals surface area contributed by atoms with Gasteiger partial charge >= 0.3 is 5.97 Å². The third-order valence-corrected chi connectivity index (χ3v) is 5.10. The smallest absolute Gasteiger partial charge is 0.335 e. The van der Waals surface area contributed by atoms with Crippen molar-refractivity contribution in [2.45, 2.75) is 5.75 Å². The van der Waals surface area contributed by atoms with Crippen molar-refractivity contribution in [2.24, 2.45) is 0 Å². The molecule has 0 heterocycles. The van der Waals surface area contributed by atoms with Crippen molar-refractivity contribution in [1.29, 1.82) is 0 Å². The van der Waals surface area contributed by atoms with Gasteiger partial charge in [0.15, 0.2) is 0 Å². The molecule has 0 aromatic heterocycles. The summed E-state index contributed by atoms with van der Waals surface area (Å²) in [5, 5.41) is 13.7. The zero-order valence-corrected chi connectivity index (χ0v) is 14.7. The van der Waals surface area contributed by atoms with Crippen LogP contribution in [0.4, 0.5) is 5.69 Å². The van der Waals surface area contributed by atoms with Crippen LogP contribution in [0.5, 0.6) is 0 Å². The van der Waals surface area contributed by atoms with Crippen molar-refractivity contribution in [3.63, 3.8) is 0 Å². The Morgan fingerprint density at radius 1 is 0.962 bits per heavy atom. The molecule has 3 rings (SSSR count). The highest BCUT2D eigenvalue weighted by Gasteiger charge is 2.12. The van der Waals surface area contributed by atoms with E-state index >= 15 is 0 Å². The minimum Gasteiger partial charge on any atom is -0.478 e. The number of carboxylic acids is 1. The number of carbonyl (C=O) groups excluding carboxylic acids is 1. The van der Waals surface area contributed by atoms with Crippen LogP contribution in [0.3, 0.4) is 0 Å². The SMILES string of the molecule is O=C(CS(=O)Cc1cccc(C(=O)O)c1)Nc1cccc2ccccc12. The van der Waals surface area contributed by atoms with E-state index in [1.807, 2.05) is 36.4 Å². The van der Waals surface area contributed by atoms with Gasteiger partial charge in [-0.1, -0.05) is 48.5 Å². The first-order valence-corrected chi connectivity index (χ1v) is 9.46. The maximum atomic E-state index is 12.3. The third-order valence-electron chi connectivity index (χ3n) is 3.86. The van der Waals surface area contributed by atoms with Crippen molar-refractivity contribution >= 4 is 39.1 Å². The Bertz CT molecular complexity index is 995. The molecule has 132 valence electrons. The highest BCUT2D eigenvalue weighted by molar-refractivity contribution is 7.84. The van der Waals surface area contributed by atoms with E-state index in [0.717, 1.165) is 10.8 Å². The van der Waals surface area contributed by atoms with Crippen molar-refractivity contribution < 1.29 is 18.9 Å². The predicted molar refractivity (Wildman–Crippen MR) is 103 cm³/mol. The second-order valence-electron chi connectivity index (χ2n) is 5.81. The van der Waals surface area contributed by atoms with Crippen molar-refractivity contribution in [3.8, 4) is 0 Å². The first-order chi connectivity index (χ1) is 12.5. The summed E-state index contributed by atoms with van der Waals surface area (Å²) in [6.45, 7) is 0. The topological polar surface area (TPSA) is 83.5 Å². The van der Waals surface area contributed by atoms with Crippen molar-refractivity contribution in [2.75, 3.05) is 11.1 Å². The quantitative estimate of drug-likeness (QED) is 0.699. The average Bonchev–Trinajstić information content (AvgIpc) is 2.62. The first-order valence-electron chi connectivity index (χ1n) is 7.98. The average molecular weight is 367 g/mol. The normalized spacial score (nSPS) is 11.8. The third kappa shape index (κ3) is 4.34. The van der Waals surface area contributed by atoms with Gasteiger partial charge in [0, 0.05) is 27.6 Å². The fourth-order valence-corrected chi connectivity index (χ4v) is 3.72. The maximum absolute atomic E-state index is 12.3. The van der Waals surface area contributed by atoms with E-state index in [1.54, 1.807) is 18.2 Å². The molecular weight excluding hydrogens is 350 g/mol. The van der Waals surface area contributed by atoms with Crippen molar-refractivity contribution in [3.05, 3.63) is 77.9 Å². The molecule has 0 aliphatic rings. The van der Waals surface area contributed by atoms with E-state index in [0.29, 0.717) is 11.3 Å². The fourth-order valence-electron chi connectivity index (χ4n) is 2.70. The standard InChI is InChI=1S/C20H17NO4S/c22-19(21-18-10-4-7-15-6-1-2-9-17(15)18)13-26(25)12-14-5-3-8-16(11-14)20(23)24/h1-11H,12-13H2,(H,21,22)(H,23,24). The summed E-state index contributed by atoms with van der Waals surface area (Å²) in [5.74, 6) is -1.40. The van der Waals surface area contributed by atoms with Gasteiger partial charge in [-0.25, -0.2) is 4.79 Å². The number of anilines is 1. The van der Waals surface area contributed by atoms with E-state index in [1.165, 1.54) is 12.1 Å². The molecule has 0 fully saturated rings. The Morgan fingerprint density at radius 2 is 1.69 bits per heavy atom. The number of amides is 1. The maximum Gasteiger partial charge on any atom is 0.335 e. The zero-order chi connectivity index (χ0) is 18.5. The molecule has 0 aliphatic carbocycles. The molecule has 3 aromatic carbocycles. The monoisotopic (exact) mass is 367 g/mol. The Kier molecular flexibility index (Phi) is 5.43. The summed E-state index contributed by atoms with van der Waals surface area (Å²) in [5.41, 5.74) is 1.44. The van der Waals surface area contributed by atoms with Gasteiger partial charge in [-0.2, -0.15) is 0 Å². The van der Waals surface area contributed by atoms with E-state index < -0.39 is 16.8 Å². The van der Waals surface area contributed by atoms with Crippen LogP contribution in [-0.2, 0) is 21.3 Å². The predicted octanol–water partition coefficient (Wildman–Crippen LogP) is 3.43. The lowest BCUT2D eigenvalue weighted by atomic mass is 10.1. The van der Waals surface area contributed by atoms with Gasteiger partial charge in [-0.05, 0) is 29.1 Å². The fraction of sp³-hybridized carbons (Fsp3) is 0.100. The molecule has 0 aliphatic heterocycles. The Balaban J connectivity index is 1.65. The van der Waals surface area contributed by atoms with Crippen LogP contribution in [-0.4, -0.2) is 26.9 Å². The Hall–Kier alpha value is -2.99. The molecular formula is C20H17NO4S. The molecule has 6 heteroatoms. The van der Waals surface area contributed by atoms with Gasteiger partial charge in [0.25, 0.3) is 0 Å². The number of nitrogens with one attached hydrogen (secondary N) is 1. The van der Waals surface area contributed by atoms with E-state index in [-0.39, 0.29) is 23.0 Å². The van der Waals surface area contributed by atoms with E-state index in [4.69, 9.17) is 5.11 Å². The molecule has 0 saturated heterocycles. The van der Waals surface area contributed by atoms with E-state index in [2.05, 4.69) is 5.32 Å². The number of rotatable bonds is 6. The number of fused-ring (bicyclic) bond motifs is 1. The molecule has 0 saturated carbocycles. The lowest BCUT2D eigenvalue weighted by molar-refractivity contribution is -0.113. The lowest BCUT2D eigenvalue weighted by Crippen LogP contribution is -2.20. The number of carbonyl (C=O) groups is 2. The van der Waals surface area contributed by atoms with Crippen LogP contribution < -0.4 is 5.32 Å². The van der Waals surface area contributed by atoms with Gasteiger partial charge < -0.3 is 10.4 Å². The molecule has 2 N–H and O–H groups in total. The van der Waals surface area contributed by atoms with Crippen LogP contribution >= 0.6 is 0 Å². The Labute approximate surface area is 153 Å². The van der Waals surface area contributed by atoms with Gasteiger partial charge in [-0.15, -0.1) is 0 Å².